The van der Waals surface area contributed by atoms with Gasteiger partial charge in [0, 0.05) is 33.6 Å². The van der Waals surface area contributed by atoms with Gasteiger partial charge < -0.3 is 15.1 Å². The van der Waals surface area contributed by atoms with Crippen molar-refractivity contribution in [3.05, 3.63) is 65.9 Å². The van der Waals surface area contributed by atoms with Crippen molar-refractivity contribution >= 4 is 27.8 Å². The first-order valence-corrected chi connectivity index (χ1v) is 9.64. The summed E-state index contributed by atoms with van der Waals surface area (Å²) in [6, 6.07) is 10.4. The maximum Gasteiger partial charge on any atom is 0.352 e. The number of H-pyrrole nitrogens is 3. The first-order chi connectivity index (χ1) is 14.5. The van der Waals surface area contributed by atoms with Crippen LogP contribution in [0.3, 0.4) is 0 Å². The molecule has 3 heterocycles. The second-order valence-corrected chi connectivity index (χ2v) is 7.65. The number of rotatable bonds is 4. The predicted molar refractivity (Wildman–Crippen MR) is 114 cm³/mol. The van der Waals surface area contributed by atoms with Crippen LogP contribution in [-0.4, -0.2) is 31.2 Å². The molecule has 0 aliphatic heterocycles. The Bertz CT molecular complexity index is 1420. The van der Waals surface area contributed by atoms with Gasteiger partial charge in [0.1, 0.15) is 11.5 Å². The number of aromatic nitrogens is 4. The lowest BCUT2D eigenvalue weighted by atomic mass is 9.89. The van der Waals surface area contributed by atoms with E-state index in [4.69, 9.17) is 0 Å². The Kier molecular flexibility index (Phi) is 3.99. The summed E-state index contributed by atoms with van der Waals surface area (Å²) in [5.74, 6) is -1.47. The van der Waals surface area contributed by atoms with E-state index >= 15 is 0 Å². The Hall–Kier alpha value is -3.87. The van der Waals surface area contributed by atoms with E-state index < -0.39 is 5.97 Å². The van der Waals surface area contributed by atoms with Crippen LogP contribution in [0.2, 0.25) is 0 Å². The first-order valence-electron chi connectivity index (χ1n) is 9.64. The summed E-state index contributed by atoms with van der Waals surface area (Å²) >= 11 is 0. The Morgan fingerprint density at radius 2 is 1.93 bits per heavy atom. The van der Waals surface area contributed by atoms with E-state index in [0.717, 1.165) is 27.4 Å². The van der Waals surface area contributed by atoms with Crippen LogP contribution < -0.4 is 0 Å². The Morgan fingerprint density at radius 3 is 2.70 bits per heavy atom. The molecule has 3 aromatic heterocycles. The zero-order chi connectivity index (χ0) is 21.0. The fourth-order valence-corrected chi connectivity index (χ4v) is 4.27. The van der Waals surface area contributed by atoms with Crippen molar-refractivity contribution in [3.63, 3.8) is 0 Å². The van der Waals surface area contributed by atoms with E-state index in [1.807, 2.05) is 38.1 Å². The van der Waals surface area contributed by atoms with Crippen molar-refractivity contribution in [1.29, 1.82) is 0 Å². The van der Waals surface area contributed by atoms with Crippen molar-refractivity contribution in [3.8, 4) is 22.4 Å². The summed E-state index contributed by atoms with van der Waals surface area (Å²) in [7, 11) is 0. The largest absolute Gasteiger partial charge is 0.477 e. The lowest BCUT2D eigenvalue weighted by Crippen LogP contribution is -2.00. The van der Waals surface area contributed by atoms with Crippen LogP contribution in [0, 0.1) is 5.82 Å². The molecule has 150 valence electrons. The van der Waals surface area contributed by atoms with Gasteiger partial charge in [-0.1, -0.05) is 26.0 Å². The number of benzene rings is 2. The number of halogens is 1. The minimum Gasteiger partial charge on any atom is -0.477 e. The normalized spacial score (nSPS) is 11.7. The second-order valence-electron chi connectivity index (χ2n) is 7.65. The van der Waals surface area contributed by atoms with Crippen LogP contribution >= 0.6 is 0 Å². The van der Waals surface area contributed by atoms with Gasteiger partial charge in [-0.2, -0.15) is 5.10 Å². The zero-order valence-corrected chi connectivity index (χ0v) is 16.4. The Labute approximate surface area is 170 Å². The van der Waals surface area contributed by atoms with Gasteiger partial charge in [0.05, 0.1) is 17.4 Å². The molecule has 0 unspecified atom stereocenters. The van der Waals surface area contributed by atoms with E-state index in [-0.39, 0.29) is 17.4 Å². The monoisotopic (exact) mass is 402 g/mol. The molecule has 2 aromatic carbocycles. The van der Waals surface area contributed by atoms with Crippen LogP contribution in [0.1, 0.15) is 35.8 Å². The molecule has 6 nitrogen and oxygen atoms in total. The van der Waals surface area contributed by atoms with Crippen LogP contribution in [-0.2, 0) is 0 Å². The Morgan fingerprint density at radius 1 is 1.10 bits per heavy atom. The molecular weight excluding hydrogens is 383 g/mol. The highest BCUT2D eigenvalue weighted by atomic mass is 19.1. The van der Waals surface area contributed by atoms with Crippen LogP contribution in [0.4, 0.5) is 4.39 Å². The fourth-order valence-electron chi connectivity index (χ4n) is 4.27. The van der Waals surface area contributed by atoms with Gasteiger partial charge in [0.25, 0.3) is 0 Å². The third-order valence-electron chi connectivity index (χ3n) is 5.49. The minimum absolute atomic E-state index is 0.0150. The number of carboxylic acid groups (broad SMARTS) is 1. The molecule has 0 saturated heterocycles. The van der Waals surface area contributed by atoms with Crippen molar-refractivity contribution in [2.45, 2.75) is 19.8 Å². The summed E-state index contributed by atoms with van der Waals surface area (Å²) in [5.41, 5.74) is 5.00. The molecule has 30 heavy (non-hydrogen) atoms. The molecule has 0 radical (unpaired) electrons. The number of fused-ring (bicyclic) bond motifs is 2. The predicted octanol–water partition coefficient (Wildman–Crippen LogP) is 5.67. The Balaban J connectivity index is 1.91. The molecule has 0 aliphatic rings. The van der Waals surface area contributed by atoms with Crippen LogP contribution in [0.25, 0.3) is 44.2 Å². The standard InChI is InChI=1S/C23H19FN4O2/c1-11(2)19-20(14-4-3-5-17-16(14)10-26-28-17)22(23(29)30)27-21(19)15-8-12(24)9-18-13(15)6-7-25-18/h3-11,25,27H,1-2H3,(H,26,28)(H,29,30). The molecule has 7 heteroatoms. The molecule has 0 atom stereocenters. The molecular formula is C23H19FN4O2. The number of carboxylic acids is 1. The molecule has 4 N–H and O–H groups in total. The summed E-state index contributed by atoms with van der Waals surface area (Å²) in [4.78, 5) is 18.4. The van der Waals surface area contributed by atoms with Crippen LogP contribution in [0.5, 0.6) is 0 Å². The number of aromatic carboxylic acids is 1. The molecule has 5 aromatic rings. The molecule has 0 fully saturated rings. The molecule has 0 aliphatic carbocycles. The highest BCUT2D eigenvalue weighted by Gasteiger charge is 2.27. The van der Waals surface area contributed by atoms with E-state index in [1.54, 1.807) is 12.4 Å². The fraction of sp³-hybridized carbons (Fsp3) is 0.130. The highest BCUT2D eigenvalue weighted by Crippen LogP contribution is 2.43. The van der Waals surface area contributed by atoms with Gasteiger partial charge in [-0.3, -0.25) is 5.10 Å². The van der Waals surface area contributed by atoms with Gasteiger partial charge in [0.2, 0.25) is 0 Å². The third kappa shape index (κ3) is 2.62. The maximum absolute atomic E-state index is 14.4. The average molecular weight is 402 g/mol. The van der Waals surface area contributed by atoms with Gasteiger partial charge >= 0.3 is 5.97 Å². The topological polar surface area (TPSA) is 97.6 Å². The lowest BCUT2D eigenvalue weighted by Gasteiger charge is -2.13. The van der Waals surface area contributed by atoms with Gasteiger partial charge in [-0.05, 0) is 41.3 Å². The minimum atomic E-state index is -1.07. The maximum atomic E-state index is 14.4. The number of nitrogens with zero attached hydrogens (tertiary/aromatic N) is 1. The zero-order valence-electron chi connectivity index (χ0n) is 16.4. The van der Waals surface area contributed by atoms with Crippen molar-refractivity contribution in [2.75, 3.05) is 0 Å². The highest BCUT2D eigenvalue weighted by molar-refractivity contribution is 6.06. The SMILES string of the molecule is CC(C)c1c(-c2cc(F)cc3[nH]ccc23)[nH]c(C(=O)O)c1-c1cccc2[nH]ncc12. The smallest absolute Gasteiger partial charge is 0.352 e. The number of carbonyl (C=O) groups is 1. The lowest BCUT2D eigenvalue weighted by molar-refractivity contribution is 0.0692. The van der Waals surface area contributed by atoms with Crippen molar-refractivity contribution in [1.82, 2.24) is 20.2 Å². The van der Waals surface area contributed by atoms with Crippen LogP contribution in [0.15, 0.2) is 48.8 Å². The molecule has 0 bridgehead atoms. The number of hydrogen-bond acceptors (Lipinski definition) is 2. The molecule has 0 amide bonds. The summed E-state index contributed by atoms with van der Waals surface area (Å²) in [6.07, 6.45) is 3.44. The number of aromatic amines is 3. The first kappa shape index (κ1) is 18.2. The van der Waals surface area contributed by atoms with E-state index in [2.05, 4.69) is 20.2 Å². The van der Waals surface area contributed by atoms with Gasteiger partial charge in [-0.15, -0.1) is 0 Å². The average Bonchev–Trinajstić information content (AvgIpc) is 3.43. The quantitative estimate of drug-likeness (QED) is 0.312. The summed E-state index contributed by atoms with van der Waals surface area (Å²) < 4.78 is 14.4. The van der Waals surface area contributed by atoms with Crippen molar-refractivity contribution in [2.24, 2.45) is 0 Å². The second kappa shape index (κ2) is 6.59. The van der Waals surface area contributed by atoms with Crippen molar-refractivity contribution < 1.29 is 14.3 Å². The number of nitrogens with one attached hydrogen (secondary N) is 3. The summed E-state index contributed by atoms with van der Waals surface area (Å²) in [6.45, 7) is 4.01. The summed E-state index contributed by atoms with van der Waals surface area (Å²) in [5, 5.41) is 18.7. The van der Waals surface area contributed by atoms with E-state index in [0.29, 0.717) is 22.3 Å². The van der Waals surface area contributed by atoms with E-state index in [1.165, 1.54) is 12.1 Å². The molecule has 0 spiro atoms. The van der Waals surface area contributed by atoms with Gasteiger partial charge in [-0.25, -0.2) is 9.18 Å². The number of hydrogen-bond donors (Lipinski definition) is 4. The molecule has 0 saturated carbocycles. The van der Waals surface area contributed by atoms with E-state index in [9.17, 15) is 14.3 Å². The molecule has 5 rings (SSSR count). The van der Waals surface area contributed by atoms with Gasteiger partial charge in [0.15, 0.2) is 0 Å². The third-order valence-corrected chi connectivity index (χ3v) is 5.49.